The average Bonchev–Trinajstić information content (AvgIpc) is 2.63. The summed E-state index contributed by atoms with van der Waals surface area (Å²) in [6.45, 7) is 3.84. The average molecular weight is 232 g/mol. The molecule has 0 bridgehead atoms. The monoisotopic (exact) mass is 232 g/mol. The maximum absolute atomic E-state index is 5.62. The quantitative estimate of drug-likeness (QED) is 0.798. The Bertz CT molecular complexity index is 545. The number of aromatic nitrogens is 3. The van der Waals surface area contributed by atoms with Gasteiger partial charge in [0.2, 0.25) is 0 Å². The number of rotatable bonds is 2. The maximum atomic E-state index is 5.62. The van der Waals surface area contributed by atoms with E-state index in [2.05, 4.69) is 9.97 Å². The van der Waals surface area contributed by atoms with E-state index in [9.17, 15) is 0 Å². The number of nitrogens with zero attached hydrogens (tertiary/aromatic N) is 3. The van der Waals surface area contributed by atoms with Crippen LogP contribution < -0.4 is 5.73 Å². The zero-order valence-corrected chi connectivity index (χ0v) is 9.95. The van der Waals surface area contributed by atoms with E-state index in [4.69, 9.17) is 18.0 Å². The van der Waals surface area contributed by atoms with Gasteiger partial charge in [-0.05, 0) is 26.0 Å². The minimum absolute atomic E-state index is 0.379. The minimum atomic E-state index is 0.379. The van der Waals surface area contributed by atoms with Gasteiger partial charge in [-0.15, -0.1) is 0 Å². The van der Waals surface area contributed by atoms with Crippen LogP contribution in [0.3, 0.4) is 0 Å². The normalized spacial score (nSPS) is 10.4. The number of hydrogen-bond acceptors (Lipinski definition) is 3. The van der Waals surface area contributed by atoms with Gasteiger partial charge in [-0.1, -0.05) is 12.2 Å². The predicted molar refractivity (Wildman–Crippen MR) is 66.7 cm³/mol. The summed E-state index contributed by atoms with van der Waals surface area (Å²) in [7, 11) is 0. The molecule has 0 aliphatic rings. The van der Waals surface area contributed by atoms with Crippen LogP contribution in [-0.2, 0) is 0 Å². The second-order valence-corrected chi connectivity index (χ2v) is 4.00. The molecule has 5 heteroatoms. The number of nitrogens with two attached hydrogens (primary N) is 1. The van der Waals surface area contributed by atoms with Gasteiger partial charge in [0, 0.05) is 23.7 Å². The van der Waals surface area contributed by atoms with E-state index in [0.717, 1.165) is 22.9 Å². The third kappa shape index (κ3) is 1.94. The molecule has 0 amide bonds. The lowest BCUT2D eigenvalue weighted by Gasteiger charge is -2.07. The molecule has 2 aromatic rings. The first-order valence-electron chi connectivity index (χ1n) is 4.87. The van der Waals surface area contributed by atoms with E-state index in [1.807, 2.05) is 36.7 Å². The zero-order chi connectivity index (χ0) is 11.7. The molecule has 0 unspecified atom stereocenters. The smallest absolute Gasteiger partial charge is 0.139 e. The number of aryl methyl sites for hydroxylation is 2. The molecule has 0 saturated heterocycles. The lowest BCUT2D eigenvalue weighted by molar-refractivity contribution is 0.921. The highest BCUT2D eigenvalue weighted by Crippen LogP contribution is 2.11. The summed E-state index contributed by atoms with van der Waals surface area (Å²) in [6, 6.07) is 3.74. The van der Waals surface area contributed by atoms with Crippen LogP contribution in [0.1, 0.15) is 17.1 Å². The largest absolute Gasteiger partial charge is 0.389 e. The van der Waals surface area contributed by atoms with Crippen LogP contribution in [0.2, 0.25) is 0 Å². The third-order valence-electron chi connectivity index (χ3n) is 2.30. The van der Waals surface area contributed by atoms with E-state index in [-0.39, 0.29) is 0 Å². The van der Waals surface area contributed by atoms with Gasteiger partial charge in [0.1, 0.15) is 16.6 Å². The van der Waals surface area contributed by atoms with Crippen molar-refractivity contribution in [1.82, 2.24) is 14.5 Å². The number of imidazole rings is 1. The molecule has 16 heavy (non-hydrogen) atoms. The Morgan fingerprint density at radius 3 is 2.69 bits per heavy atom. The van der Waals surface area contributed by atoms with Crippen molar-refractivity contribution >= 4 is 17.2 Å². The van der Waals surface area contributed by atoms with Crippen molar-refractivity contribution in [3.05, 3.63) is 41.6 Å². The van der Waals surface area contributed by atoms with Crippen molar-refractivity contribution in [1.29, 1.82) is 0 Å². The van der Waals surface area contributed by atoms with Crippen LogP contribution in [0, 0.1) is 13.8 Å². The van der Waals surface area contributed by atoms with Crippen molar-refractivity contribution in [2.75, 3.05) is 0 Å². The number of thiocarbonyl (C=S) groups is 1. The van der Waals surface area contributed by atoms with Gasteiger partial charge >= 0.3 is 0 Å². The highest BCUT2D eigenvalue weighted by molar-refractivity contribution is 7.80. The number of pyridine rings is 1. The van der Waals surface area contributed by atoms with Gasteiger partial charge in [0.25, 0.3) is 0 Å². The summed E-state index contributed by atoms with van der Waals surface area (Å²) in [6.07, 6.45) is 3.60. The van der Waals surface area contributed by atoms with Crippen molar-refractivity contribution in [3.63, 3.8) is 0 Å². The summed E-state index contributed by atoms with van der Waals surface area (Å²) >= 11 is 4.97. The molecule has 2 N–H and O–H groups in total. The first-order chi connectivity index (χ1) is 7.58. The van der Waals surface area contributed by atoms with Gasteiger partial charge in [-0.3, -0.25) is 4.57 Å². The van der Waals surface area contributed by atoms with Crippen molar-refractivity contribution in [2.45, 2.75) is 13.8 Å². The van der Waals surface area contributed by atoms with Gasteiger partial charge in [-0.25, -0.2) is 9.97 Å². The molecule has 0 saturated carbocycles. The highest BCUT2D eigenvalue weighted by Gasteiger charge is 2.06. The van der Waals surface area contributed by atoms with Crippen molar-refractivity contribution < 1.29 is 0 Å². The minimum Gasteiger partial charge on any atom is -0.389 e. The summed E-state index contributed by atoms with van der Waals surface area (Å²) in [5.74, 6) is 1.67. The molecule has 4 nitrogen and oxygen atoms in total. The summed E-state index contributed by atoms with van der Waals surface area (Å²) in [5.41, 5.74) is 7.33. The molecule has 2 aromatic heterocycles. The van der Waals surface area contributed by atoms with Crippen LogP contribution in [0.5, 0.6) is 0 Å². The SMILES string of the molecule is Cc1cc(C(N)=S)cc(-n2ccnc2C)n1. The molecular formula is C11H12N4S. The standard InChI is InChI=1S/C11H12N4S/c1-7-5-9(11(12)16)6-10(14-7)15-4-3-13-8(15)2/h3-6H,1-2H3,(H2,12,16). The fourth-order valence-electron chi connectivity index (χ4n) is 1.54. The van der Waals surface area contributed by atoms with Crippen LogP contribution >= 0.6 is 12.2 Å². The lowest BCUT2D eigenvalue weighted by Crippen LogP contribution is -2.11. The summed E-state index contributed by atoms with van der Waals surface area (Å²) in [4.78, 5) is 8.96. The first-order valence-corrected chi connectivity index (χ1v) is 5.27. The Morgan fingerprint density at radius 2 is 2.12 bits per heavy atom. The Morgan fingerprint density at radius 1 is 1.38 bits per heavy atom. The molecule has 0 aliphatic heterocycles. The Hall–Kier alpha value is -1.75. The van der Waals surface area contributed by atoms with E-state index in [0.29, 0.717) is 4.99 Å². The van der Waals surface area contributed by atoms with Gasteiger partial charge < -0.3 is 5.73 Å². The molecule has 0 spiro atoms. The maximum Gasteiger partial charge on any atom is 0.139 e. The molecule has 2 rings (SSSR count). The van der Waals surface area contributed by atoms with Crippen LogP contribution in [0.25, 0.3) is 5.82 Å². The van der Waals surface area contributed by atoms with Crippen molar-refractivity contribution in [2.24, 2.45) is 5.73 Å². The first kappa shape index (κ1) is 10.8. The van der Waals surface area contributed by atoms with E-state index in [1.165, 1.54) is 0 Å². The molecule has 0 atom stereocenters. The fraction of sp³-hybridized carbons (Fsp3) is 0.182. The van der Waals surface area contributed by atoms with Gasteiger partial charge in [-0.2, -0.15) is 0 Å². The Balaban J connectivity index is 2.58. The van der Waals surface area contributed by atoms with Crippen LogP contribution in [0.4, 0.5) is 0 Å². The van der Waals surface area contributed by atoms with E-state index < -0.39 is 0 Å². The summed E-state index contributed by atoms with van der Waals surface area (Å²) in [5, 5.41) is 0. The number of hydrogen-bond donors (Lipinski definition) is 1. The molecule has 0 aromatic carbocycles. The molecule has 2 heterocycles. The molecule has 0 radical (unpaired) electrons. The van der Waals surface area contributed by atoms with Gasteiger partial charge in [0.05, 0.1) is 0 Å². The Kier molecular flexibility index (Phi) is 2.70. The fourth-order valence-corrected chi connectivity index (χ4v) is 1.65. The second kappa shape index (κ2) is 4.02. The van der Waals surface area contributed by atoms with E-state index >= 15 is 0 Å². The van der Waals surface area contributed by atoms with Crippen LogP contribution in [-0.4, -0.2) is 19.5 Å². The van der Waals surface area contributed by atoms with Crippen molar-refractivity contribution in [3.8, 4) is 5.82 Å². The van der Waals surface area contributed by atoms with Gasteiger partial charge in [0.15, 0.2) is 0 Å². The molecular weight excluding hydrogens is 220 g/mol. The van der Waals surface area contributed by atoms with E-state index in [1.54, 1.807) is 6.20 Å². The third-order valence-corrected chi connectivity index (χ3v) is 2.53. The lowest BCUT2D eigenvalue weighted by atomic mass is 10.2. The predicted octanol–water partition coefficient (Wildman–Crippen LogP) is 1.52. The second-order valence-electron chi connectivity index (χ2n) is 3.56. The summed E-state index contributed by atoms with van der Waals surface area (Å²) < 4.78 is 1.90. The Labute approximate surface area is 99.1 Å². The molecule has 0 aliphatic carbocycles. The highest BCUT2D eigenvalue weighted by atomic mass is 32.1. The molecule has 0 fully saturated rings. The topological polar surface area (TPSA) is 56.7 Å². The molecule has 82 valence electrons. The van der Waals surface area contributed by atoms with Crippen LogP contribution in [0.15, 0.2) is 24.5 Å². The zero-order valence-electron chi connectivity index (χ0n) is 9.14.